The minimum Gasteiger partial charge on any atom is -0.342 e. The van der Waals surface area contributed by atoms with Crippen LogP contribution in [-0.4, -0.2) is 77.3 Å². The quantitative estimate of drug-likeness (QED) is 0.739. The molecule has 2 fully saturated rings. The number of halogens is 2. The standard InChI is InChI=1S/C18H29N5O2S.2ClH/c1-21(14-5-3-2-4-6-14)17(24)12-22-7-9-23(10-8-22)18(25)15-13-26-16(11-19)20-15;;/h13-14H,2-12,19H2,1H3;2*1H. The zero-order chi connectivity index (χ0) is 18.5. The summed E-state index contributed by atoms with van der Waals surface area (Å²) in [6.45, 7) is 3.53. The molecule has 7 nitrogen and oxygen atoms in total. The van der Waals surface area contributed by atoms with E-state index in [0.29, 0.717) is 37.9 Å². The molecule has 2 N–H and O–H groups in total. The summed E-state index contributed by atoms with van der Waals surface area (Å²) in [5.74, 6) is 0.162. The molecule has 1 aromatic rings. The van der Waals surface area contributed by atoms with E-state index in [9.17, 15) is 9.59 Å². The predicted octanol–water partition coefficient (Wildman–Crippen LogP) is 1.99. The Labute approximate surface area is 183 Å². The lowest BCUT2D eigenvalue weighted by Crippen LogP contribution is -2.52. The van der Waals surface area contributed by atoms with Gasteiger partial charge in [-0.15, -0.1) is 36.2 Å². The van der Waals surface area contributed by atoms with Crippen LogP contribution < -0.4 is 5.73 Å². The topological polar surface area (TPSA) is 82.8 Å². The highest BCUT2D eigenvalue weighted by Crippen LogP contribution is 2.22. The molecule has 0 bridgehead atoms. The highest BCUT2D eigenvalue weighted by atomic mass is 35.5. The third-order valence-corrected chi connectivity index (χ3v) is 6.35. The molecule has 10 heteroatoms. The monoisotopic (exact) mass is 451 g/mol. The molecule has 160 valence electrons. The van der Waals surface area contributed by atoms with Crippen LogP contribution in [0.1, 0.15) is 47.6 Å². The van der Waals surface area contributed by atoms with Crippen molar-refractivity contribution in [2.24, 2.45) is 5.73 Å². The van der Waals surface area contributed by atoms with Crippen LogP contribution in [0.2, 0.25) is 0 Å². The molecule has 28 heavy (non-hydrogen) atoms. The van der Waals surface area contributed by atoms with Gasteiger partial charge in [-0.05, 0) is 12.8 Å². The van der Waals surface area contributed by atoms with Gasteiger partial charge >= 0.3 is 0 Å². The first-order chi connectivity index (χ1) is 12.6. The lowest BCUT2D eigenvalue weighted by Gasteiger charge is -2.36. The zero-order valence-corrected chi connectivity index (χ0v) is 18.8. The molecule has 2 amide bonds. The summed E-state index contributed by atoms with van der Waals surface area (Å²) in [6.07, 6.45) is 6.00. The maximum atomic E-state index is 12.6. The number of thiazole rings is 1. The molecule has 0 spiro atoms. The number of carbonyl (C=O) groups is 2. The Morgan fingerprint density at radius 1 is 1.18 bits per heavy atom. The maximum Gasteiger partial charge on any atom is 0.273 e. The number of nitrogens with two attached hydrogens (primary N) is 1. The molecule has 1 aliphatic carbocycles. The number of likely N-dealkylation sites (N-methyl/N-ethyl adjacent to an activating group) is 1. The van der Waals surface area contributed by atoms with Crippen LogP contribution in [0.25, 0.3) is 0 Å². The summed E-state index contributed by atoms with van der Waals surface area (Å²) in [6, 6.07) is 0.403. The lowest BCUT2D eigenvalue weighted by atomic mass is 9.94. The fraction of sp³-hybridized carbons (Fsp3) is 0.722. The van der Waals surface area contributed by atoms with Crippen molar-refractivity contribution in [1.82, 2.24) is 19.7 Å². The summed E-state index contributed by atoms with van der Waals surface area (Å²) in [4.78, 5) is 35.3. The number of piperazine rings is 1. The fourth-order valence-corrected chi connectivity index (χ4v) is 4.40. The molecule has 3 rings (SSSR count). The molecule has 1 aliphatic heterocycles. The SMILES string of the molecule is CN(C(=O)CN1CCN(C(=O)c2csc(CN)n2)CC1)C1CCCCC1.Cl.Cl. The van der Waals surface area contributed by atoms with Gasteiger partial charge in [-0.3, -0.25) is 14.5 Å². The van der Waals surface area contributed by atoms with Crippen LogP contribution in [0.15, 0.2) is 5.38 Å². The third kappa shape index (κ3) is 6.29. The van der Waals surface area contributed by atoms with E-state index in [4.69, 9.17) is 5.73 Å². The first-order valence-electron chi connectivity index (χ1n) is 9.50. The van der Waals surface area contributed by atoms with Crippen LogP contribution >= 0.6 is 36.2 Å². The molecule has 1 saturated heterocycles. The van der Waals surface area contributed by atoms with E-state index in [1.165, 1.54) is 30.6 Å². The van der Waals surface area contributed by atoms with Crippen LogP contribution in [0.3, 0.4) is 0 Å². The third-order valence-electron chi connectivity index (χ3n) is 5.48. The Hall–Kier alpha value is -0.930. The van der Waals surface area contributed by atoms with Crippen molar-refractivity contribution in [3.05, 3.63) is 16.1 Å². The van der Waals surface area contributed by atoms with Gasteiger partial charge in [0.25, 0.3) is 5.91 Å². The zero-order valence-electron chi connectivity index (χ0n) is 16.3. The van der Waals surface area contributed by atoms with Crippen molar-refractivity contribution in [3.63, 3.8) is 0 Å². The van der Waals surface area contributed by atoms with Crippen molar-refractivity contribution in [2.45, 2.75) is 44.7 Å². The Morgan fingerprint density at radius 2 is 1.82 bits per heavy atom. The highest BCUT2D eigenvalue weighted by molar-refractivity contribution is 7.09. The normalized spacial score (nSPS) is 18.1. The van der Waals surface area contributed by atoms with Crippen LogP contribution in [0, 0.1) is 0 Å². The van der Waals surface area contributed by atoms with Crippen molar-refractivity contribution >= 4 is 48.0 Å². The van der Waals surface area contributed by atoms with Gasteiger partial charge in [0, 0.05) is 51.2 Å². The second-order valence-corrected chi connectivity index (χ2v) is 8.14. The first kappa shape index (κ1) is 25.1. The van der Waals surface area contributed by atoms with E-state index in [1.807, 2.05) is 16.8 Å². The molecule has 0 radical (unpaired) electrons. The van der Waals surface area contributed by atoms with Gasteiger partial charge in [0.15, 0.2) is 0 Å². The van der Waals surface area contributed by atoms with E-state index in [-0.39, 0.29) is 36.6 Å². The summed E-state index contributed by atoms with van der Waals surface area (Å²) in [5.41, 5.74) is 6.05. The predicted molar refractivity (Wildman–Crippen MR) is 116 cm³/mol. The Kier molecular flexibility index (Phi) is 10.7. The summed E-state index contributed by atoms with van der Waals surface area (Å²) in [5, 5.41) is 2.56. The smallest absolute Gasteiger partial charge is 0.273 e. The molecule has 2 heterocycles. The summed E-state index contributed by atoms with van der Waals surface area (Å²) in [7, 11) is 1.94. The number of nitrogens with zero attached hydrogens (tertiary/aromatic N) is 4. The summed E-state index contributed by atoms with van der Waals surface area (Å²) >= 11 is 1.42. The average molecular weight is 452 g/mol. The largest absolute Gasteiger partial charge is 0.342 e. The van der Waals surface area contributed by atoms with Gasteiger partial charge in [0.05, 0.1) is 6.54 Å². The second kappa shape index (κ2) is 11.9. The molecule has 1 aromatic heterocycles. The number of rotatable bonds is 5. The van der Waals surface area contributed by atoms with Crippen molar-refractivity contribution in [2.75, 3.05) is 39.8 Å². The average Bonchev–Trinajstić information content (AvgIpc) is 3.17. The number of carbonyl (C=O) groups excluding carboxylic acids is 2. The molecule has 0 atom stereocenters. The van der Waals surface area contributed by atoms with Crippen molar-refractivity contribution in [3.8, 4) is 0 Å². The van der Waals surface area contributed by atoms with Crippen molar-refractivity contribution in [1.29, 1.82) is 0 Å². The molecular formula is C18H31Cl2N5O2S. The number of amides is 2. The van der Waals surface area contributed by atoms with Gasteiger partial charge in [0.2, 0.25) is 5.91 Å². The number of aromatic nitrogens is 1. The first-order valence-corrected chi connectivity index (χ1v) is 10.4. The highest BCUT2D eigenvalue weighted by Gasteiger charge is 2.27. The van der Waals surface area contributed by atoms with Gasteiger partial charge in [-0.2, -0.15) is 0 Å². The van der Waals surface area contributed by atoms with Crippen LogP contribution in [0.5, 0.6) is 0 Å². The Morgan fingerprint density at radius 3 is 2.39 bits per heavy atom. The fourth-order valence-electron chi connectivity index (χ4n) is 3.75. The van der Waals surface area contributed by atoms with Crippen molar-refractivity contribution < 1.29 is 9.59 Å². The molecule has 1 saturated carbocycles. The molecule has 2 aliphatic rings. The van der Waals surface area contributed by atoms with Gasteiger partial charge in [-0.1, -0.05) is 19.3 Å². The number of hydrogen-bond acceptors (Lipinski definition) is 6. The molecule has 0 aromatic carbocycles. The molecule has 0 unspecified atom stereocenters. The lowest BCUT2D eigenvalue weighted by molar-refractivity contribution is -0.134. The Bertz CT molecular complexity index is 631. The number of hydrogen-bond donors (Lipinski definition) is 1. The van der Waals surface area contributed by atoms with Gasteiger partial charge in [0.1, 0.15) is 10.7 Å². The Balaban J connectivity index is 0.00000196. The minimum atomic E-state index is -0.0359. The van der Waals surface area contributed by atoms with Gasteiger partial charge in [-0.25, -0.2) is 4.98 Å². The maximum absolute atomic E-state index is 12.6. The van der Waals surface area contributed by atoms with E-state index in [2.05, 4.69) is 9.88 Å². The minimum absolute atomic E-state index is 0. The van der Waals surface area contributed by atoms with E-state index < -0.39 is 0 Å². The second-order valence-electron chi connectivity index (χ2n) is 7.20. The summed E-state index contributed by atoms with van der Waals surface area (Å²) < 4.78 is 0. The van der Waals surface area contributed by atoms with Crippen LogP contribution in [0.4, 0.5) is 0 Å². The van der Waals surface area contributed by atoms with Crippen LogP contribution in [-0.2, 0) is 11.3 Å². The van der Waals surface area contributed by atoms with E-state index in [0.717, 1.165) is 30.9 Å². The molecular weight excluding hydrogens is 421 g/mol. The van der Waals surface area contributed by atoms with E-state index >= 15 is 0 Å². The van der Waals surface area contributed by atoms with E-state index in [1.54, 1.807) is 5.38 Å². The van der Waals surface area contributed by atoms with Gasteiger partial charge < -0.3 is 15.5 Å².